The number of carbonyl (C=O) groups excluding carboxylic acids is 2. The zero-order chi connectivity index (χ0) is 32.3. The monoisotopic (exact) mass is 616 g/mol. The number of hydrogen-bond donors (Lipinski definition) is 2. The van der Waals surface area contributed by atoms with Gasteiger partial charge in [-0.2, -0.15) is 0 Å². The molecule has 0 bridgehead atoms. The van der Waals surface area contributed by atoms with Crippen molar-refractivity contribution in [1.82, 2.24) is 10.6 Å². The van der Waals surface area contributed by atoms with Gasteiger partial charge in [0.1, 0.15) is 11.9 Å². The molecule has 5 nitrogen and oxygen atoms in total. The molecule has 1 aromatic carbocycles. The number of aldehydes is 1. The second kappa shape index (κ2) is 11.8. The number of ether oxygens (including phenoxy) is 1. The number of amides is 1. The number of rotatable bonds is 7. The highest BCUT2D eigenvalue weighted by molar-refractivity contribution is 5.78. The summed E-state index contributed by atoms with van der Waals surface area (Å²) in [4.78, 5) is 23.4. The molecule has 5 heteroatoms. The number of alkyl carbamates (subject to hydrolysis) is 1. The van der Waals surface area contributed by atoms with Gasteiger partial charge in [-0.3, -0.25) is 4.79 Å². The summed E-state index contributed by atoms with van der Waals surface area (Å²) in [6.07, 6.45) is 17.5. The van der Waals surface area contributed by atoms with E-state index in [2.05, 4.69) is 56.5 Å². The van der Waals surface area contributed by atoms with E-state index in [9.17, 15) is 9.59 Å². The van der Waals surface area contributed by atoms with Crippen molar-refractivity contribution in [2.75, 3.05) is 13.1 Å². The van der Waals surface area contributed by atoms with Crippen LogP contribution in [0.3, 0.4) is 0 Å². The van der Waals surface area contributed by atoms with Gasteiger partial charge in [-0.15, -0.1) is 0 Å². The van der Waals surface area contributed by atoms with E-state index in [0.29, 0.717) is 28.8 Å². The Hall–Kier alpha value is -2.14. The molecule has 8 atom stereocenters. The Morgan fingerprint density at radius 2 is 1.64 bits per heavy atom. The molecule has 0 heterocycles. The predicted molar refractivity (Wildman–Crippen MR) is 183 cm³/mol. The van der Waals surface area contributed by atoms with Gasteiger partial charge in [0.15, 0.2) is 0 Å². The van der Waals surface area contributed by atoms with Crippen LogP contribution >= 0.6 is 0 Å². The minimum Gasteiger partial charge on any atom is -0.444 e. The molecule has 6 rings (SSSR count). The standard InChI is InChI=1S/C40H60N2O3/c1-36(2,3)45-35(44)41-24-9-25-42-40-20-8-10-32(40)29-15-16-34-38(6,31(29)18-23-40)22-19-33-37(4,5)30(17-21-39(33,34)7)28-13-11-27(26-43)12-14-28/h11-14,17,26,29,31-34,42H,8-10,15-16,18-25H2,1-7H3,(H,41,44). The summed E-state index contributed by atoms with van der Waals surface area (Å²) in [6, 6.07) is 8.29. The fourth-order valence-corrected chi connectivity index (χ4v) is 12.3. The van der Waals surface area contributed by atoms with Gasteiger partial charge in [-0.05, 0) is 148 Å². The van der Waals surface area contributed by atoms with Crippen LogP contribution in [0.4, 0.5) is 4.79 Å². The minimum absolute atomic E-state index is 0.114. The second-order valence-electron chi connectivity index (χ2n) is 17.7. The Morgan fingerprint density at radius 1 is 0.889 bits per heavy atom. The summed E-state index contributed by atoms with van der Waals surface area (Å²) < 4.78 is 5.41. The van der Waals surface area contributed by atoms with Crippen molar-refractivity contribution in [3.8, 4) is 0 Å². The van der Waals surface area contributed by atoms with Gasteiger partial charge in [-0.25, -0.2) is 4.79 Å². The van der Waals surface area contributed by atoms with E-state index in [-0.39, 0.29) is 11.5 Å². The van der Waals surface area contributed by atoms with E-state index >= 15 is 0 Å². The number of carbonyl (C=O) groups is 2. The third-order valence-corrected chi connectivity index (χ3v) is 13.9. The maximum absolute atomic E-state index is 12.1. The molecule has 4 fully saturated rings. The molecule has 248 valence electrons. The Labute approximate surface area is 273 Å². The number of allylic oxidation sites excluding steroid dienone is 2. The van der Waals surface area contributed by atoms with Crippen LogP contribution < -0.4 is 10.6 Å². The first-order valence-corrected chi connectivity index (χ1v) is 18.2. The molecular formula is C40H60N2O3. The van der Waals surface area contributed by atoms with Crippen LogP contribution in [-0.2, 0) is 4.74 Å². The Bertz CT molecular complexity index is 1290. The molecule has 2 N–H and O–H groups in total. The van der Waals surface area contributed by atoms with Gasteiger partial charge in [0.05, 0.1) is 0 Å². The lowest BCUT2D eigenvalue weighted by atomic mass is 9.37. The molecule has 0 spiro atoms. The average Bonchev–Trinajstić information content (AvgIpc) is 3.40. The fraction of sp³-hybridized carbons (Fsp3) is 0.750. The predicted octanol–water partition coefficient (Wildman–Crippen LogP) is 9.21. The quantitative estimate of drug-likeness (QED) is 0.237. The van der Waals surface area contributed by atoms with Crippen molar-refractivity contribution in [2.45, 2.75) is 130 Å². The number of fused-ring (bicyclic) bond motifs is 7. The lowest BCUT2D eigenvalue weighted by Gasteiger charge is -2.68. The minimum atomic E-state index is -0.457. The molecule has 0 aliphatic heterocycles. The van der Waals surface area contributed by atoms with E-state index in [4.69, 9.17) is 4.74 Å². The molecule has 5 aliphatic rings. The van der Waals surface area contributed by atoms with Crippen LogP contribution in [0.25, 0.3) is 5.57 Å². The van der Waals surface area contributed by atoms with Crippen molar-refractivity contribution in [2.24, 2.45) is 45.8 Å². The van der Waals surface area contributed by atoms with Crippen LogP contribution in [0, 0.1) is 45.8 Å². The van der Waals surface area contributed by atoms with Gasteiger partial charge in [0, 0.05) is 17.6 Å². The second-order valence-corrected chi connectivity index (χ2v) is 17.7. The molecule has 1 aromatic rings. The van der Waals surface area contributed by atoms with E-state index < -0.39 is 5.60 Å². The van der Waals surface area contributed by atoms with Gasteiger partial charge in [0.25, 0.3) is 0 Å². The summed E-state index contributed by atoms with van der Waals surface area (Å²) >= 11 is 0. The highest BCUT2D eigenvalue weighted by Crippen LogP contribution is 2.72. The summed E-state index contributed by atoms with van der Waals surface area (Å²) in [5.41, 5.74) is 4.24. The first kappa shape index (κ1) is 32.8. The Morgan fingerprint density at radius 3 is 2.36 bits per heavy atom. The van der Waals surface area contributed by atoms with E-state index in [0.717, 1.165) is 48.5 Å². The molecular weight excluding hydrogens is 556 g/mol. The fourth-order valence-electron chi connectivity index (χ4n) is 12.3. The largest absolute Gasteiger partial charge is 0.444 e. The SMILES string of the molecule is CC(C)(C)OC(=O)NCCCNC12CCCC1C1CCC3C(C)(CCC4C(C)(C)C(c5ccc(C=O)cc5)=CCC43C)C1CC2. The number of benzene rings is 1. The normalized spacial score (nSPS) is 38.6. The Balaban J connectivity index is 1.14. The van der Waals surface area contributed by atoms with Gasteiger partial charge >= 0.3 is 6.09 Å². The maximum Gasteiger partial charge on any atom is 0.407 e. The number of nitrogens with one attached hydrogen (secondary N) is 2. The van der Waals surface area contributed by atoms with Crippen molar-refractivity contribution in [3.63, 3.8) is 0 Å². The zero-order valence-corrected chi connectivity index (χ0v) is 29.3. The lowest BCUT2D eigenvalue weighted by Crippen LogP contribution is -2.63. The number of hydrogen-bond acceptors (Lipinski definition) is 4. The smallest absolute Gasteiger partial charge is 0.407 e. The van der Waals surface area contributed by atoms with Crippen LogP contribution in [0.2, 0.25) is 0 Å². The third kappa shape index (κ3) is 5.72. The van der Waals surface area contributed by atoms with E-state index in [1.165, 1.54) is 75.3 Å². The van der Waals surface area contributed by atoms with Crippen LogP contribution in [0.1, 0.15) is 135 Å². The topological polar surface area (TPSA) is 67.4 Å². The van der Waals surface area contributed by atoms with E-state index in [1.54, 1.807) is 0 Å². The van der Waals surface area contributed by atoms with Crippen molar-refractivity contribution in [3.05, 3.63) is 41.5 Å². The van der Waals surface area contributed by atoms with Crippen LogP contribution in [-0.4, -0.2) is 36.6 Å². The third-order valence-electron chi connectivity index (χ3n) is 13.9. The molecule has 0 radical (unpaired) electrons. The van der Waals surface area contributed by atoms with Gasteiger partial charge < -0.3 is 15.4 Å². The molecule has 0 saturated heterocycles. The highest BCUT2D eigenvalue weighted by Gasteiger charge is 2.65. The summed E-state index contributed by atoms with van der Waals surface area (Å²) in [5, 5.41) is 7.05. The molecule has 0 aromatic heterocycles. The Kier molecular flexibility index (Phi) is 8.62. The summed E-state index contributed by atoms with van der Waals surface area (Å²) in [6.45, 7) is 17.7. The maximum atomic E-state index is 12.1. The van der Waals surface area contributed by atoms with Crippen LogP contribution in [0.15, 0.2) is 30.3 Å². The molecule has 4 saturated carbocycles. The molecule has 1 amide bonds. The molecule has 8 unspecified atom stereocenters. The molecule has 5 aliphatic carbocycles. The zero-order valence-electron chi connectivity index (χ0n) is 29.3. The molecule has 45 heavy (non-hydrogen) atoms. The van der Waals surface area contributed by atoms with Crippen molar-refractivity contribution >= 4 is 18.0 Å². The van der Waals surface area contributed by atoms with Crippen molar-refractivity contribution in [1.29, 1.82) is 0 Å². The summed E-state index contributed by atoms with van der Waals surface area (Å²) in [5.74, 6) is 3.93. The lowest BCUT2D eigenvalue weighted by molar-refractivity contribution is -0.172. The van der Waals surface area contributed by atoms with Gasteiger partial charge in [0.2, 0.25) is 0 Å². The van der Waals surface area contributed by atoms with Crippen molar-refractivity contribution < 1.29 is 14.3 Å². The van der Waals surface area contributed by atoms with Crippen LogP contribution in [0.5, 0.6) is 0 Å². The van der Waals surface area contributed by atoms with Gasteiger partial charge in [-0.1, -0.05) is 64.5 Å². The summed E-state index contributed by atoms with van der Waals surface area (Å²) in [7, 11) is 0. The highest BCUT2D eigenvalue weighted by atomic mass is 16.6. The van der Waals surface area contributed by atoms with E-state index in [1.807, 2.05) is 32.9 Å². The average molecular weight is 617 g/mol. The first-order valence-electron chi connectivity index (χ1n) is 18.2. The first-order chi connectivity index (χ1) is 21.2.